The molecule has 2 aromatic carbocycles. The minimum Gasteiger partial charge on any atom is -0.206 e. The van der Waals surface area contributed by atoms with Gasteiger partial charge in [0.1, 0.15) is 5.82 Å². The first kappa shape index (κ1) is 26.2. The van der Waals surface area contributed by atoms with E-state index in [-0.39, 0.29) is 11.1 Å². The van der Waals surface area contributed by atoms with E-state index in [4.69, 9.17) is 0 Å². The van der Waals surface area contributed by atoms with Crippen molar-refractivity contribution in [3.8, 4) is 11.1 Å². The standard InChI is InChI=1S/C31H40F4/c1-3-4-5-21-6-10-23(11-7-21)20(2)16-22-8-12-24(13-9-22)25-14-15-27(28(32)17-25)26-18-29(33)31(35)30(34)19-26/h14-15,17-24H,3-13,16H2,1-2H3. The minimum absolute atomic E-state index is 0.0162. The third kappa shape index (κ3) is 6.49. The summed E-state index contributed by atoms with van der Waals surface area (Å²) in [5.41, 5.74) is 1.06. The zero-order valence-corrected chi connectivity index (χ0v) is 21.3. The molecule has 2 aliphatic rings. The van der Waals surface area contributed by atoms with Crippen LogP contribution in [0.4, 0.5) is 17.6 Å². The number of halogens is 4. The van der Waals surface area contributed by atoms with Crippen LogP contribution < -0.4 is 0 Å². The van der Waals surface area contributed by atoms with Crippen molar-refractivity contribution in [2.45, 2.75) is 96.8 Å². The molecule has 0 amide bonds. The van der Waals surface area contributed by atoms with Gasteiger partial charge in [0.25, 0.3) is 0 Å². The largest absolute Gasteiger partial charge is 0.206 e. The van der Waals surface area contributed by atoms with Crippen molar-refractivity contribution < 1.29 is 17.6 Å². The second-order valence-corrected chi connectivity index (χ2v) is 11.3. The zero-order valence-electron chi connectivity index (χ0n) is 21.3. The Kier molecular flexibility index (Phi) is 8.94. The third-order valence-electron chi connectivity index (χ3n) is 8.97. The maximum Gasteiger partial charge on any atom is 0.194 e. The second-order valence-electron chi connectivity index (χ2n) is 11.3. The van der Waals surface area contributed by atoms with E-state index in [1.54, 1.807) is 6.07 Å². The molecule has 0 nitrogen and oxygen atoms in total. The van der Waals surface area contributed by atoms with Crippen molar-refractivity contribution in [1.29, 1.82) is 0 Å². The molecule has 0 spiro atoms. The Bertz CT molecular complexity index is 945. The first-order valence-corrected chi connectivity index (χ1v) is 13.8. The molecular formula is C31H40F4. The van der Waals surface area contributed by atoms with Gasteiger partial charge in [0, 0.05) is 5.56 Å². The molecule has 1 atom stereocenters. The Morgan fingerprint density at radius 2 is 1.40 bits per heavy atom. The maximum atomic E-state index is 14.9. The van der Waals surface area contributed by atoms with Gasteiger partial charge in [0.05, 0.1) is 0 Å². The van der Waals surface area contributed by atoms with E-state index in [1.807, 2.05) is 6.07 Å². The van der Waals surface area contributed by atoms with Crippen LogP contribution in [0.2, 0.25) is 0 Å². The molecule has 0 saturated heterocycles. The van der Waals surface area contributed by atoms with Crippen LogP contribution in [0.25, 0.3) is 11.1 Å². The van der Waals surface area contributed by atoms with Gasteiger partial charge < -0.3 is 0 Å². The molecule has 0 N–H and O–H groups in total. The quantitative estimate of drug-likeness (QED) is 0.256. The molecule has 0 radical (unpaired) electrons. The molecule has 0 aromatic heterocycles. The highest BCUT2D eigenvalue weighted by atomic mass is 19.2. The molecule has 0 heterocycles. The lowest BCUT2D eigenvalue weighted by Gasteiger charge is -2.36. The Hall–Kier alpha value is -1.84. The van der Waals surface area contributed by atoms with Crippen molar-refractivity contribution in [1.82, 2.24) is 0 Å². The summed E-state index contributed by atoms with van der Waals surface area (Å²) in [4.78, 5) is 0. The zero-order chi connectivity index (χ0) is 24.9. The van der Waals surface area contributed by atoms with Gasteiger partial charge in [0.15, 0.2) is 17.5 Å². The lowest BCUT2D eigenvalue weighted by atomic mass is 9.70. The molecule has 35 heavy (non-hydrogen) atoms. The number of rotatable bonds is 8. The van der Waals surface area contributed by atoms with E-state index < -0.39 is 23.3 Å². The van der Waals surface area contributed by atoms with Gasteiger partial charge in [0.2, 0.25) is 0 Å². The van der Waals surface area contributed by atoms with E-state index in [2.05, 4.69) is 13.8 Å². The monoisotopic (exact) mass is 488 g/mol. The molecule has 2 aliphatic carbocycles. The van der Waals surface area contributed by atoms with Crippen LogP contribution in [-0.4, -0.2) is 0 Å². The molecular weight excluding hydrogens is 448 g/mol. The van der Waals surface area contributed by atoms with Crippen molar-refractivity contribution in [3.63, 3.8) is 0 Å². The predicted molar refractivity (Wildman–Crippen MR) is 135 cm³/mol. The lowest BCUT2D eigenvalue weighted by Crippen LogP contribution is -2.23. The molecule has 2 saturated carbocycles. The van der Waals surface area contributed by atoms with Gasteiger partial charge in [-0.3, -0.25) is 0 Å². The SMILES string of the molecule is CCCCC1CCC(C(C)CC2CCC(c3ccc(-c4cc(F)c(F)c(F)c4)c(F)c3)CC2)CC1. The maximum absolute atomic E-state index is 14.9. The van der Waals surface area contributed by atoms with E-state index in [9.17, 15) is 17.6 Å². The third-order valence-corrected chi connectivity index (χ3v) is 8.97. The average Bonchev–Trinajstić information content (AvgIpc) is 2.86. The summed E-state index contributed by atoms with van der Waals surface area (Å²) < 4.78 is 55.3. The minimum atomic E-state index is -1.53. The summed E-state index contributed by atoms with van der Waals surface area (Å²) in [6.07, 6.45) is 15.5. The second kappa shape index (κ2) is 11.9. The first-order valence-electron chi connectivity index (χ1n) is 13.8. The number of unbranched alkanes of at least 4 members (excludes halogenated alkanes) is 1. The summed E-state index contributed by atoms with van der Waals surface area (Å²) in [5, 5.41) is 0. The summed E-state index contributed by atoms with van der Waals surface area (Å²) >= 11 is 0. The highest BCUT2D eigenvalue weighted by Gasteiger charge is 2.29. The Balaban J connectivity index is 1.28. The molecule has 192 valence electrons. The van der Waals surface area contributed by atoms with E-state index >= 15 is 0 Å². The fourth-order valence-corrected chi connectivity index (χ4v) is 6.72. The highest BCUT2D eigenvalue weighted by molar-refractivity contribution is 5.65. The predicted octanol–water partition coefficient (Wildman–Crippen LogP) is 10.2. The smallest absolute Gasteiger partial charge is 0.194 e. The van der Waals surface area contributed by atoms with Crippen LogP contribution >= 0.6 is 0 Å². The van der Waals surface area contributed by atoms with Crippen molar-refractivity contribution in [2.75, 3.05) is 0 Å². The molecule has 2 aromatic rings. The molecule has 0 aliphatic heterocycles. The van der Waals surface area contributed by atoms with Gasteiger partial charge >= 0.3 is 0 Å². The van der Waals surface area contributed by atoms with Crippen LogP contribution in [0.1, 0.15) is 102 Å². The summed E-state index contributed by atoms with van der Waals surface area (Å²) in [6.45, 7) is 4.74. The summed E-state index contributed by atoms with van der Waals surface area (Å²) in [7, 11) is 0. The number of hydrogen-bond donors (Lipinski definition) is 0. The van der Waals surface area contributed by atoms with Crippen molar-refractivity contribution in [2.24, 2.45) is 23.7 Å². The van der Waals surface area contributed by atoms with Gasteiger partial charge in [-0.2, -0.15) is 0 Å². The van der Waals surface area contributed by atoms with Crippen molar-refractivity contribution in [3.05, 3.63) is 59.2 Å². The van der Waals surface area contributed by atoms with E-state index in [0.29, 0.717) is 5.92 Å². The highest BCUT2D eigenvalue weighted by Crippen LogP contribution is 2.43. The molecule has 0 bridgehead atoms. The van der Waals surface area contributed by atoms with Crippen LogP contribution in [0.5, 0.6) is 0 Å². The molecule has 4 heteroatoms. The van der Waals surface area contributed by atoms with E-state index in [1.165, 1.54) is 70.3 Å². The average molecular weight is 489 g/mol. The normalized spacial score (nSPS) is 26.0. The molecule has 1 unspecified atom stereocenters. The van der Waals surface area contributed by atoms with Gasteiger partial charge in [-0.1, -0.05) is 58.1 Å². The Labute approximate surface area is 208 Å². The molecule has 2 fully saturated rings. The fourth-order valence-electron chi connectivity index (χ4n) is 6.72. The van der Waals surface area contributed by atoms with Gasteiger partial charge in [-0.25, -0.2) is 17.6 Å². The van der Waals surface area contributed by atoms with E-state index in [0.717, 1.165) is 54.2 Å². The van der Waals surface area contributed by atoms with Crippen LogP contribution in [0.15, 0.2) is 30.3 Å². The first-order chi connectivity index (χ1) is 16.9. The molecule has 4 rings (SSSR count). The van der Waals surface area contributed by atoms with Gasteiger partial charge in [-0.05, 0) is 104 Å². The lowest BCUT2D eigenvalue weighted by molar-refractivity contribution is 0.169. The van der Waals surface area contributed by atoms with Gasteiger partial charge in [-0.15, -0.1) is 0 Å². The number of benzene rings is 2. The van der Waals surface area contributed by atoms with Crippen LogP contribution in [-0.2, 0) is 0 Å². The Morgan fingerprint density at radius 3 is 2.00 bits per heavy atom. The van der Waals surface area contributed by atoms with Crippen LogP contribution in [0, 0.1) is 46.9 Å². The number of hydrogen-bond acceptors (Lipinski definition) is 0. The summed E-state index contributed by atoms with van der Waals surface area (Å²) in [5.74, 6) is -0.947. The Morgan fingerprint density at radius 1 is 0.771 bits per heavy atom. The summed E-state index contributed by atoms with van der Waals surface area (Å²) in [6, 6.07) is 6.63. The van der Waals surface area contributed by atoms with Crippen LogP contribution in [0.3, 0.4) is 0 Å². The van der Waals surface area contributed by atoms with Crippen molar-refractivity contribution >= 4 is 0 Å². The fraction of sp³-hybridized carbons (Fsp3) is 0.613. The topological polar surface area (TPSA) is 0 Å².